The Kier molecular flexibility index (Phi) is 4.41. The van der Waals surface area contributed by atoms with Gasteiger partial charge in [-0.2, -0.15) is 0 Å². The Morgan fingerprint density at radius 3 is 2.61 bits per heavy atom. The monoisotopic (exact) mass is 312 g/mol. The van der Waals surface area contributed by atoms with E-state index in [1.807, 2.05) is 30.3 Å². The van der Waals surface area contributed by atoms with Gasteiger partial charge in [0.05, 0.1) is 0 Å². The van der Waals surface area contributed by atoms with Crippen molar-refractivity contribution in [3.8, 4) is 0 Å². The van der Waals surface area contributed by atoms with Crippen LogP contribution in [0.3, 0.4) is 0 Å². The fraction of sp³-hybridized carbons (Fsp3) is 0.353. The van der Waals surface area contributed by atoms with Gasteiger partial charge in [-0.3, -0.25) is 14.2 Å². The Hall–Kier alpha value is -2.63. The molecule has 2 aromatic rings. The molecule has 0 unspecified atom stereocenters. The maximum absolute atomic E-state index is 12.3. The molecule has 1 aromatic carbocycles. The third-order valence-corrected chi connectivity index (χ3v) is 3.86. The summed E-state index contributed by atoms with van der Waals surface area (Å²) in [5.74, 6) is 0.361. The van der Waals surface area contributed by atoms with Crippen molar-refractivity contribution in [2.75, 3.05) is 23.3 Å². The number of anilines is 2. The molecule has 0 atom stereocenters. The fourth-order valence-corrected chi connectivity index (χ4v) is 2.78. The summed E-state index contributed by atoms with van der Waals surface area (Å²) in [7, 11) is 0. The number of para-hydroxylation sites is 1. The van der Waals surface area contributed by atoms with E-state index in [0.29, 0.717) is 17.3 Å². The summed E-state index contributed by atoms with van der Waals surface area (Å²) >= 11 is 0. The number of benzene rings is 1. The Bertz CT molecular complexity index is 749. The molecule has 1 amide bonds. The van der Waals surface area contributed by atoms with Gasteiger partial charge >= 0.3 is 0 Å². The third-order valence-electron chi connectivity index (χ3n) is 3.86. The van der Waals surface area contributed by atoms with E-state index in [1.54, 1.807) is 6.92 Å². The summed E-state index contributed by atoms with van der Waals surface area (Å²) in [5, 5.41) is 2.81. The lowest BCUT2D eigenvalue weighted by Crippen LogP contribution is -2.34. The zero-order chi connectivity index (χ0) is 16.2. The van der Waals surface area contributed by atoms with Gasteiger partial charge in [0.2, 0.25) is 11.9 Å². The minimum Gasteiger partial charge on any atom is -0.342 e. The standard InChI is InChI=1S/C17H20N4O2/c1-13-11-16(23)21(17(18-13)20-9-5-6-10-20)12-15(22)19-14-7-3-2-4-8-14/h2-4,7-8,11H,5-6,9-10,12H2,1H3,(H,19,22). The molecule has 0 bridgehead atoms. The summed E-state index contributed by atoms with van der Waals surface area (Å²) < 4.78 is 1.45. The van der Waals surface area contributed by atoms with Crippen LogP contribution in [0, 0.1) is 6.92 Å². The number of aryl methyl sites for hydroxylation is 1. The third kappa shape index (κ3) is 3.59. The zero-order valence-corrected chi connectivity index (χ0v) is 13.2. The first-order valence-electron chi connectivity index (χ1n) is 7.82. The summed E-state index contributed by atoms with van der Waals surface area (Å²) in [6.07, 6.45) is 2.17. The highest BCUT2D eigenvalue weighted by atomic mass is 16.2. The summed E-state index contributed by atoms with van der Waals surface area (Å²) in [6.45, 7) is 3.51. The molecule has 0 radical (unpaired) electrons. The molecule has 6 heteroatoms. The van der Waals surface area contributed by atoms with Crippen molar-refractivity contribution >= 4 is 17.5 Å². The molecule has 1 N–H and O–H groups in total. The van der Waals surface area contributed by atoms with Crippen LogP contribution in [-0.4, -0.2) is 28.5 Å². The van der Waals surface area contributed by atoms with Crippen LogP contribution in [0.25, 0.3) is 0 Å². The van der Waals surface area contributed by atoms with Crippen LogP contribution in [0.4, 0.5) is 11.6 Å². The topological polar surface area (TPSA) is 67.2 Å². The lowest BCUT2D eigenvalue weighted by Gasteiger charge is -2.21. The van der Waals surface area contributed by atoms with Gasteiger partial charge < -0.3 is 10.2 Å². The van der Waals surface area contributed by atoms with Crippen LogP contribution >= 0.6 is 0 Å². The largest absolute Gasteiger partial charge is 0.342 e. The summed E-state index contributed by atoms with van der Waals surface area (Å²) in [6, 6.07) is 10.7. The number of nitrogens with zero attached hydrogens (tertiary/aromatic N) is 3. The maximum Gasteiger partial charge on any atom is 0.255 e. The highest BCUT2D eigenvalue weighted by molar-refractivity contribution is 5.90. The molecule has 0 spiro atoms. The maximum atomic E-state index is 12.3. The van der Waals surface area contributed by atoms with Crippen LogP contribution < -0.4 is 15.8 Å². The van der Waals surface area contributed by atoms with Crippen molar-refractivity contribution in [1.82, 2.24) is 9.55 Å². The number of hydrogen-bond donors (Lipinski definition) is 1. The molecule has 0 saturated carbocycles. The van der Waals surface area contributed by atoms with Crippen molar-refractivity contribution < 1.29 is 4.79 Å². The van der Waals surface area contributed by atoms with Crippen LogP contribution in [0.15, 0.2) is 41.2 Å². The second-order valence-corrected chi connectivity index (χ2v) is 5.73. The van der Waals surface area contributed by atoms with E-state index in [9.17, 15) is 9.59 Å². The van der Waals surface area contributed by atoms with Gasteiger partial charge in [0.15, 0.2) is 0 Å². The first kappa shape index (κ1) is 15.3. The van der Waals surface area contributed by atoms with Crippen molar-refractivity contribution in [2.24, 2.45) is 0 Å². The van der Waals surface area contributed by atoms with Crippen molar-refractivity contribution in [3.63, 3.8) is 0 Å². The van der Waals surface area contributed by atoms with Crippen LogP contribution in [-0.2, 0) is 11.3 Å². The van der Waals surface area contributed by atoms with Crippen molar-refractivity contribution in [2.45, 2.75) is 26.3 Å². The molecule has 3 rings (SSSR count). The van der Waals surface area contributed by atoms with Crippen molar-refractivity contribution in [3.05, 3.63) is 52.4 Å². The normalized spacial score (nSPS) is 14.0. The average Bonchev–Trinajstić information content (AvgIpc) is 3.05. The number of aromatic nitrogens is 2. The second kappa shape index (κ2) is 6.64. The molecule has 1 aliphatic rings. The number of carbonyl (C=O) groups is 1. The van der Waals surface area contributed by atoms with Crippen LogP contribution in [0.5, 0.6) is 0 Å². The molecule has 6 nitrogen and oxygen atoms in total. The molecular formula is C17H20N4O2. The quantitative estimate of drug-likeness (QED) is 0.934. The lowest BCUT2D eigenvalue weighted by atomic mass is 10.3. The SMILES string of the molecule is Cc1cc(=O)n(CC(=O)Nc2ccccc2)c(N2CCCC2)n1. The minimum absolute atomic E-state index is 0.0349. The average molecular weight is 312 g/mol. The molecular weight excluding hydrogens is 292 g/mol. The number of carbonyl (C=O) groups excluding carboxylic acids is 1. The van der Waals surface area contributed by atoms with E-state index in [1.165, 1.54) is 10.6 Å². The summed E-state index contributed by atoms with van der Waals surface area (Å²) in [5.41, 5.74) is 1.20. The molecule has 23 heavy (non-hydrogen) atoms. The first-order valence-corrected chi connectivity index (χ1v) is 7.82. The molecule has 2 heterocycles. The van der Waals surface area contributed by atoms with Crippen LogP contribution in [0.1, 0.15) is 18.5 Å². The molecule has 120 valence electrons. The highest BCUT2D eigenvalue weighted by Gasteiger charge is 2.20. The van der Waals surface area contributed by atoms with E-state index < -0.39 is 0 Å². The fourth-order valence-electron chi connectivity index (χ4n) is 2.78. The van der Waals surface area contributed by atoms with E-state index >= 15 is 0 Å². The lowest BCUT2D eigenvalue weighted by molar-refractivity contribution is -0.116. The minimum atomic E-state index is -0.232. The van der Waals surface area contributed by atoms with Gasteiger partial charge in [0, 0.05) is 30.5 Å². The van der Waals surface area contributed by atoms with Gasteiger partial charge in [-0.15, -0.1) is 0 Å². The predicted molar refractivity (Wildman–Crippen MR) is 89.8 cm³/mol. The highest BCUT2D eigenvalue weighted by Crippen LogP contribution is 2.17. The Morgan fingerprint density at radius 1 is 1.22 bits per heavy atom. The van der Waals surface area contributed by atoms with Gasteiger partial charge in [0.1, 0.15) is 6.54 Å². The zero-order valence-electron chi connectivity index (χ0n) is 13.2. The molecule has 1 aliphatic heterocycles. The van der Waals surface area contributed by atoms with Gasteiger partial charge in [-0.05, 0) is 31.9 Å². The Labute approximate surface area is 134 Å². The van der Waals surface area contributed by atoms with E-state index in [0.717, 1.165) is 25.9 Å². The number of nitrogens with one attached hydrogen (secondary N) is 1. The smallest absolute Gasteiger partial charge is 0.255 e. The number of hydrogen-bond acceptors (Lipinski definition) is 4. The first-order chi connectivity index (χ1) is 11.1. The second-order valence-electron chi connectivity index (χ2n) is 5.73. The Balaban J connectivity index is 1.84. The van der Waals surface area contributed by atoms with Crippen molar-refractivity contribution in [1.29, 1.82) is 0 Å². The summed E-state index contributed by atoms with van der Waals surface area (Å²) in [4.78, 5) is 31.1. The number of rotatable bonds is 4. The van der Waals surface area contributed by atoms with Gasteiger partial charge in [-0.25, -0.2) is 4.98 Å². The van der Waals surface area contributed by atoms with Gasteiger partial charge in [-0.1, -0.05) is 18.2 Å². The predicted octanol–water partition coefficient (Wildman–Crippen LogP) is 1.79. The van der Waals surface area contributed by atoms with E-state index in [-0.39, 0.29) is 18.0 Å². The van der Waals surface area contributed by atoms with E-state index in [4.69, 9.17) is 0 Å². The molecule has 1 fully saturated rings. The number of amides is 1. The van der Waals surface area contributed by atoms with Crippen LogP contribution in [0.2, 0.25) is 0 Å². The van der Waals surface area contributed by atoms with E-state index in [2.05, 4.69) is 15.2 Å². The molecule has 1 aromatic heterocycles. The van der Waals surface area contributed by atoms with Gasteiger partial charge in [0.25, 0.3) is 5.56 Å². The Morgan fingerprint density at radius 2 is 1.91 bits per heavy atom. The molecule has 0 aliphatic carbocycles. The molecule has 1 saturated heterocycles.